The van der Waals surface area contributed by atoms with E-state index in [2.05, 4.69) is 13.8 Å². The van der Waals surface area contributed by atoms with Gasteiger partial charge in [-0.1, -0.05) is 33.1 Å². The average molecular weight is 368 g/mol. The van der Waals surface area contributed by atoms with Crippen molar-refractivity contribution in [3.8, 4) is 0 Å². The summed E-state index contributed by atoms with van der Waals surface area (Å²) < 4.78 is 11.9. The smallest absolute Gasteiger partial charge is 0.288 e. The Morgan fingerprint density at radius 1 is 1.27 bits per heavy atom. The minimum atomic E-state index is -0.405. The van der Waals surface area contributed by atoms with Crippen LogP contribution in [0.1, 0.15) is 65.7 Å². The third kappa shape index (κ3) is 5.71. The van der Waals surface area contributed by atoms with E-state index < -0.39 is 6.29 Å². The van der Waals surface area contributed by atoms with Crippen LogP contribution >= 0.6 is 0 Å². The van der Waals surface area contributed by atoms with Crippen LogP contribution in [0.4, 0.5) is 0 Å². The van der Waals surface area contributed by atoms with Gasteiger partial charge < -0.3 is 19.5 Å². The van der Waals surface area contributed by atoms with Gasteiger partial charge >= 0.3 is 0 Å². The highest BCUT2D eigenvalue weighted by atomic mass is 16.7. The molecule has 5 heteroatoms. The van der Waals surface area contributed by atoms with Gasteiger partial charge in [-0.2, -0.15) is 0 Å². The van der Waals surface area contributed by atoms with E-state index in [1.54, 1.807) is 0 Å². The van der Waals surface area contributed by atoms with Crippen molar-refractivity contribution in [2.75, 3.05) is 26.3 Å². The fourth-order valence-electron chi connectivity index (χ4n) is 4.12. The van der Waals surface area contributed by atoms with E-state index in [1.807, 2.05) is 17.9 Å². The zero-order chi connectivity index (χ0) is 18.9. The summed E-state index contributed by atoms with van der Waals surface area (Å²) in [5.41, 5.74) is 0. The molecule has 2 rings (SSSR count). The highest BCUT2D eigenvalue weighted by Crippen LogP contribution is 2.37. The van der Waals surface area contributed by atoms with E-state index in [4.69, 9.17) is 9.47 Å². The fourth-order valence-corrected chi connectivity index (χ4v) is 4.12. The molecule has 1 amide bonds. The molecule has 0 saturated carbocycles. The van der Waals surface area contributed by atoms with E-state index in [-0.39, 0.29) is 24.3 Å². The van der Waals surface area contributed by atoms with E-state index in [9.17, 15) is 9.90 Å². The monoisotopic (exact) mass is 367 g/mol. The molecule has 2 aliphatic rings. The number of carbonyl (C=O) groups excluding carboxylic acids is 1. The summed E-state index contributed by atoms with van der Waals surface area (Å²) >= 11 is 0. The minimum absolute atomic E-state index is 0.0165. The lowest BCUT2D eigenvalue weighted by Crippen LogP contribution is -2.43. The quantitative estimate of drug-likeness (QED) is 0.745. The molecule has 1 saturated heterocycles. The predicted molar refractivity (Wildman–Crippen MR) is 102 cm³/mol. The molecule has 0 aliphatic carbocycles. The largest absolute Gasteiger partial charge is 0.459 e. The molecule has 0 bridgehead atoms. The summed E-state index contributed by atoms with van der Waals surface area (Å²) in [5.74, 6) is 1.26. The molecule has 26 heavy (non-hydrogen) atoms. The van der Waals surface area contributed by atoms with Gasteiger partial charge in [-0.3, -0.25) is 4.79 Å². The lowest BCUT2D eigenvalue weighted by molar-refractivity contribution is -0.178. The van der Waals surface area contributed by atoms with E-state index in [0.29, 0.717) is 18.3 Å². The van der Waals surface area contributed by atoms with E-state index in [1.165, 1.54) is 19.3 Å². The van der Waals surface area contributed by atoms with Crippen LogP contribution in [0.5, 0.6) is 0 Å². The Kier molecular flexibility index (Phi) is 8.93. The van der Waals surface area contributed by atoms with Crippen molar-refractivity contribution in [1.82, 2.24) is 4.90 Å². The third-order valence-electron chi connectivity index (χ3n) is 5.58. The number of amides is 1. The van der Waals surface area contributed by atoms with Gasteiger partial charge in [-0.15, -0.1) is 0 Å². The molecule has 0 radical (unpaired) electrons. The van der Waals surface area contributed by atoms with Crippen LogP contribution in [0.25, 0.3) is 0 Å². The van der Waals surface area contributed by atoms with Gasteiger partial charge in [0, 0.05) is 32.2 Å². The second kappa shape index (κ2) is 10.9. The number of aliphatic hydroxyl groups is 1. The van der Waals surface area contributed by atoms with Crippen molar-refractivity contribution < 1.29 is 19.4 Å². The second-order valence-electron chi connectivity index (χ2n) is 7.88. The van der Waals surface area contributed by atoms with E-state index in [0.717, 1.165) is 38.8 Å². The molecular weight excluding hydrogens is 330 g/mol. The van der Waals surface area contributed by atoms with Gasteiger partial charge in [0.05, 0.1) is 0 Å². The predicted octanol–water partition coefficient (Wildman–Crippen LogP) is 3.72. The molecule has 0 aromatic rings. The number of rotatable bonds is 7. The molecule has 3 atom stereocenters. The summed E-state index contributed by atoms with van der Waals surface area (Å²) in [5, 5.41) is 9.24. The van der Waals surface area contributed by atoms with Crippen LogP contribution in [0.3, 0.4) is 0 Å². The summed E-state index contributed by atoms with van der Waals surface area (Å²) in [6.07, 6.45) is 9.00. The summed E-state index contributed by atoms with van der Waals surface area (Å²) in [6.45, 7) is 8.67. The first-order valence-electron chi connectivity index (χ1n) is 10.5. The number of aliphatic hydroxyl groups excluding tert-OH is 1. The van der Waals surface area contributed by atoms with Gasteiger partial charge in [0.25, 0.3) is 5.91 Å². The first-order valence-corrected chi connectivity index (χ1v) is 10.5. The van der Waals surface area contributed by atoms with Crippen LogP contribution < -0.4 is 0 Å². The summed E-state index contributed by atoms with van der Waals surface area (Å²) in [6, 6.07) is 0. The van der Waals surface area contributed by atoms with Crippen LogP contribution in [0, 0.1) is 17.8 Å². The number of likely N-dealkylation sites (tertiary alicyclic amines) is 1. The number of nitrogens with zero attached hydrogens (tertiary/aromatic N) is 1. The first kappa shape index (κ1) is 21.2. The third-order valence-corrected chi connectivity index (χ3v) is 5.58. The Morgan fingerprint density at radius 3 is 2.50 bits per heavy atom. The number of hydrogen-bond donors (Lipinski definition) is 1. The molecule has 150 valence electrons. The zero-order valence-corrected chi connectivity index (χ0v) is 16.8. The Balaban J connectivity index is 2.18. The van der Waals surface area contributed by atoms with Crippen molar-refractivity contribution >= 4 is 5.91 Å². The molecule has 2 aliphatic heterocycles. The van der Waals surface area contributed by atoms with Crippen LogP contribution in [0.2, 0.25) is 0 Å². The maximum atomic E-state index is 13.1. The van der Waals surface area contributed by atoms with Gasteiger partial charge in [0.1, 0.15) is 0 Å². The highest BCUT2D eigenvalue weighted by Gasteiger charge is 2.39. The van der Waals surface area contributed by atoms with Crippen LogP contribution in [-0.4, -0.2) is 48.5 Å². The normalized spacial score (nSPS) is 27.5. The molecule has 0 aromatic heterocycles. The Hall–Kier alpha value is -1.07. The topological polar surface area (TPSA) is 59.0 Å². The van der Waals surface area contributed by atoms with Crippen LogP contribution in [-0.2, 0) is 14.3 Å². The summed E-state index contributed by atoms with van der Waals surface area (Å²) in [7, 11) is 0. The maximum absolute atomic E-state index is 13.1. The Bertz CT molecular complexity index is 455. The van der Waals surface area contributed by atoms with Gasteiger partial charge in [0.2, 0.25) is 6.29 Å². The number of allylic oxidation sites excluding steroid dienone is 1. The number of carbonyl (C=O) groups is 1. The number of ether oxygens (including phenoxy) is 2. The minimum Gasteiger partial charge on any atom is -0.459 e. The van der Waals surface area contributed by atoms with Gasteiger partial charge in [-0.05, 0) is 50.5 Å². The standard InChI is InChI=1S/C21H37NO4/c1-4-25-21-17(11-10-14-23)18(16(2)3)15-19(26-21)20(24)22-12-8-6-5-7-9-13-22/h15-18,21,23H,4-14H2,1-3H3/t17-,18+,21+/m0/s1. The Labute approximate surface area is 158 Å². The van der Waals surface area contributed by atoms with Crippen molar-refractivity contribution in [3.05, 3.63) is 11.8 Å². The van der Waals surface area contributed by atoms with Gasteiger partial charge in [-0.25, -0.2) is 0 Å². The van der Waals surface area contributed by atoms with Crippen molar-refractivity contribution in [3.63, 3.8) is 0 Å². The molecule has 0 aromatic carbocycles. The number of hydrogen-bond acceptors (Lipinski definition) is 4. The lowest BCUT2D eigenvalue weighted by atomic mass is 9.78. The molecule has 0 unspecified atom stereocenters. The van der Waals surface area contributed by atoms with Gasteiger partial charge in [0.15, 0.2) is 5.76 Å². The van der Waals surface area contributed by atoms with Crippen molar-refractivity contribution in [1.29, 1.82) is 0 Å². The molecular formula is C21H37NO4. The maximum Gasteiger partial charge on any atom is 0.288 e. The lowest BCUT2D eigenvalue weighted by Gasteiger charge is -2.39. The molecule has 1 fully saturated rings. The SMILES string of the molecule is CCO[C@@H]1OC(C(=O)N2CCCCCCC2)=C[C@H](C(C)C)[C@@H]1CCCO. The fraction of sp³-hybridized carbons (Fsp3) is 0.857. The van der Waals surface area contributed by atoms with Crippen molar-refractivity contribution in [2.45, 2.75) is 72.0 Å². The van der Waals surface area contributed by atoms with Crippen molar-refractivity contribution in [2.24, 2.45) is 17.8 Å². The first-order chi connectivity index (χ1) is 12.6. The average Bonchev–Trinajstić information content (AvgIpc) is 2.59. The molecule has 1 N–H and O–H groups in total. The Morgan fingerprint density at radius 2 is 1.92 bits per heavy atom. The zero-order valence-electron chi connectivity index (χ0n) is 16.8. The molecule has 5 nitrogen and oxygen atoms in total. The summed E-state index contributed by atoms with van der Waals surface area (Å²) in [4.78, 5) is 15.1. The van der Waals surface area contributed by atoms with E-state index >= 15 is 0 Å². The molecule has 0 spiro atoms. The highest BCUT2D eigenvalue weighted by molar-refractivity contribution is 5.91. The second-order valence-corrected chi connectivity index (χ2v) is 7.88. The van der Waals surface area contributed by atoms with Crippen LogP contribution in [0.15, 0.2) is 11.8 Å². The molecule has 2 heterocycles.